The fourth-order valence-corrected chi connectivity index (χ4v) is 2.23. The van der Waals surface area contributed by atoms with E-state index in [1.54, 1.807) is 0 Å². The van der Waals surface area contributed by atoms with Crippen LogP contribution in [-0.4, -0.2) is 32.2 Å². The van der Waals surface area contributed by atoms with Gasteiger partial charge in [0.05, 0.1) is 0 Å². The summed E-state index contributed by atoms with van der Waals surface area (Å²) in [5.74, 6) is 0. The summed E-state index contributed by atoms with van der Waals surface area (Å²) >= 11 is 0. The average Bonchev–Trinajstić information content (AvgIpc) is 2.44. The molecule has 0 spiro atoms. The third-order valence-electron chi connectivity index (χ3n) is 3.21. The first-order chi connectivity index (χ1) is 9.72. The van der Waals surface area contributed by atoms with Crippen molar-refractivity contribution in [3.8, 4) is 0 Å². The molecule has 0 heterocycles. The molecule has 0 saturated carbocycles. The SMILES string of the molecule is CCNC(CCCc1ccccc1)CCOCC(F)F. The molecule has 0 saturated heterocycles. The van der Waals surface area contributed by atoms with Crippen molar-refractivity contribution < 1.29 is 13.5 Å². The number of hydrogen-bond acceptors (Lipinski definition) is 2. The molecule has 0 aliphatic carbocycles. The van der Waals surface area contributed by atoms with Gasteiger partial charge in [-0.25, -0.2) is 8.78 Å². The predicted molar refractivity (Wildman–Crippen MR) is 78.3 cm³/mol. The van der Waals surface area contributed by atoms with Crippen molar-refractivity contribution >= 4 is 0 Å². The fraction of sp³-hybridized carbons (Fsp3) is 0.625. The summed E-state index contributed by atoms with van der Waals surface area (Å²) in [5, 5.41) is 3.39. The van der Waals surface area contributed by atoms with Gasteiger partial charge in [0.15, 0.2) is 0 Å². The van der Waals surface area contributed by atoms with E-state index in [-0.39, 0.29) is 0 Å². The van der Waals surface area contributed by atoms with Crippen molar-refractivity contribution in [1.29, 1.82) is 0 Å². The van der Waals surface area contributed by atoms with E-state index >= 15 is 0 Å². The zero-order valence-electron chi connectivity index (χ0n) is 12.2. The monoisotopic (exact) mass is 285 g/mol. The van der Waals surface area contributed by atoms with Gasteiger partial charge >= 0.3 is 0 Å². The Kier molecular flexibility index (Phi) is 9.16. The largest absolute Gasteiger partial charge is 0.375 e. The number of hydrogen-bond donors (Lipinski definition) is 1. The van der Waals surface area contributed by atoms with Gasteiger partial charge in [-0.2, -0.15) is 0 Å². The topological polar surface area (TPSA) is 21.3 Å². The van der Waals surface area contributed by atoms with E-state index in [2.05, 4.69) is 36.5 Å². The van der Waals surface area contributed by atoms with Crippen molar-refractivity contribution in [1.82, 2.24) is 5.32 Å². The van der Waals surface area contributed by atoms with Crippen LogP contribution in [0.3, 0.4) is 0 Å². The Morgan fingerprint density at radius 3 is 2.55 bits per heavy atom. The molecule has 1 unspecified atom stereocenters. The zero-order valence-corrected chi connectivity index (χ0v) is 12.2. The second-order valence-corrected chi connectivity index (χ2v) is 4.89. The molecule has 1 aromatic rings. The molecule has 20 heavy (non-hydrogen) atoms. The van der Waals surface area contributed by atoms with Gasteiger partial charge in [-0.15, -0.1) is 0 Å². The van der Waals surface area contributed by atoms with Crippen LogP contribution < -0.4 is 5.32 Å². The van der Waals surface area contributed by atoms with E-state index in [9.17, 15) is 8.78 Å². The van der Waals surface area contributed by atoms with Crippen LogP contribution in [0.2, 0.25) is 0 Å². The lowest BCUT2D eigenvalue weighted by Crippen LogP contribution is -2.30. The van der Waals surface area contributed by atoms with Crippen LogP contribution in [0.15, 0.2) is 30.3 Å². The molecule has 1 N–H and O–H groups in total. The number of alkyl halides is 2. The summed E-state index contributed by atoms with van der Waals surface area (Å²) in [5.41, 5.74) is 1.34. The molecule has 0 aliphatic rings. The molecular weight excluding hydrogens is 260 g/mol. The number of aryl methyl sites for hydroxylation is 1. The van der Waals surface area contributed by atoms with Crippen LogP contribution in [0.4, 0.5) is 8.78 Å². The van der Waals surface area contributed by atoms with Crippen LogP contribution in [0.25, 0.3) is 0 Å². The van der Waals surface area contributed by atoms with Crippen molar-refractivity contribution in [2.75, 3.05) is 19.8 Å². The number of benzene rings is 1. The van der Waals surface area contributed by atoms with E-state index < -0.39 is 13.0 Å². The molecule has 0 fully saturated rings. The Bertz CT molecular complexity index is 333. The third kappa shape index (κ3) is 8.23. The quantitative estimate of drug-likeness (QED) is 0.627. The van der Waals surface area contributed by atoms with Crippen LogP contribution in [0.5, 0.6) is 0 Å². The van der Waals surface area contributed by atoms with E-state index in [0.29, 0.717) is 12.6 Å². The van der Waals surface area contributed by atoms with Crippen LogP contribution in [-0.2, 0) is 11.2 Å². The zero-order chi connectivity index (χ0) is 14.6. The van der Waals surface area contributed by atoms with Crippen molar-refractivity contribution in [2.24, 2.45) is 0 Å². The summed E-state index contributed by atoms with van der Waals surface area (Å²) in [6, 6.07) is 10.7. The van der Waals surface area contributed by atoms with Crippen LogP contribution >= 0.6 is 0 Å². The van der Waals surface area contributed by atoms with Crippen molar-refractivity contribution in [3.63, 3.8) is 0 Å². The van der Waals surface area contributed by atoms with Gasteiger partial charge in [0.2, 0.25) is 0 Å². The van der Waals surface area contributed by atoms with Gasteiger partial charge in [0, 0.05) is 12.6 Å². The summed E-state index contributed by atoms with van der Waals surface area (Å²) in [4.78, 5) is 0. The molecule has 1 aromatic carbocycles. The molecule has 114 valence electrons. The maximum Gasteiger partial charge on any atom is 0.261 e. The van der Waals surface area contributed by atoms with Gasteiger partial charge in [0.25, 0.3) is 6.43 Å². The molecule has 0 amide bonds. The van der Waals surface area contributed by atoms with Crippen molar-refractivity contribution in [2.45, 2.75) is 45.1 Å². The van der Waals surface area contributed by atoms with Gasteiger partial charge in [-0.05, 0) is 37.8 Å². The second kappa shape index (κ2) is 10.7. The summed E-state index contributed by atoms with van der Waals surface area (Å²) in [7, 11) is 0. The average molecular weight is 285 g/mol. The van der Waals surface area contributed by atoms with Gasteiger partial charge in [0.1, 0.15) is 6.61 Å². The molecule has 1 atom stereocenters. The smallest absolute Gasteiger partial charge is 0.261 e. The Morgan fingerprint density at radius 1 is 1.15 bits per heavy atom. The van der Waals surface area contributed by atoms with Crippen molar-refractivity contribution in [3.05, 3.63) is 35.9 Å². The first-order valence-electron chi connectivity index (χ1n) is 7.35. The predicted octanol–water partition coefficient (Wildman–Crippen LogP) is 3.66. The van der Waals surface area contributed by atoms with E-state index in [1.807, 2.05) is 6.07 Å². The fourth-order valence-electron chi connectivity index (χ4n) is 2.23. The lowest BCUT2D eigenvalue weighted by Gasteiger charge is -2.17. The Labute approximate surface area is 120 Å². The first kappa shape index (κ1) is 17.1. The molecule has 0 aromatic heterocycles. The van der Waals surface area contributed by atoms with E-state index in [0.717, 1.165) is 32.2 Å². The minimum atomic E-state index is -2.37. The highest BCUT2D eigenvalue weighted by Gasteiger charge is 2.08. The number of nitrogens with one attached hydrogen (secondary N) is 1. The molecular formula is C16H25F2NO. The summed E-state index contributed by atoms with van der Waals surface area (Å²) in [6.07, 6.45) is 1.61. The minimum absolute atomic E-state index is 0.349. The molecule has 0 bridgehead atoms. The summed E-state index contributed by atoms with van der Waals surface area (Å²) in [6.45, 7) is 2.89. The number of rotatable bonds is 11. The van der Waals surface area contributed by atoms with Gasteiger partial charge < -0.3 is 10.1 Å². The highest BCUT2D eigenvalue weighted by Crippen LogP contribution is 2.09. The maximum absolute atomic E-state index is 12.0. The standard InChI is InChI=1S/C16H25F2NO/c1-2-19-15(11-12-20-13-16(17)18)10-6-9-14-7-4-3-5-8-14/h3-5,7-8,15-16,19H,2,6,9-13H2,1H3. The highest BCUT2D eigenvalue weighted by molar-refractivity contribution is 5.14. The molecule has 4 heteroatoms. The highest BCUT2D eigenvalue weighted by atomic mass is 19.3. The third-order valence-corrected chi connectivity index (χ3v) is 3.21. The molecule has 2 nitrogen and oxygen atoms in total. The Hall–Kier alpha value is -1.00. The normalized spacial score (nSPS) is 12.8. The molecule has 0 radical (unpaired) electrons. The number of ether oxygens (including phenoxy) is 1. The second-order valence-electron chi connectivity index (χ2n) is 4.89. The number of halogens is 2. The molecule has 1 rings (SSSR count). The lowest BCUT2D eigenvalue weighted by atomic mass is 10.0. The van der Waals surface area contributed by atoms with Gasteiger partial charge in [-0.1, -0.05) is 37.3 Å². The summed E-state index contributed by atoms with van der Waals surface area (Å²) < 4.78 is 28.9. The maximum atomic E-state index is 12.0. The Balaban J connectivity index is 2.17. The molecule has 0 aliphatic heterocycles. The van der Waals surface area contributed by atoms with Crippen LogP contribution in [0.1, 0.15) is 31.7 Å². The van der Waals surface area contributed by atoms with Crippen LogP contribution in [0, 0.1) is 0 Å². The van der Waals surface area contributed by atoms with Gasteiger partial charge in [-0.3, -0.25) is 0 Å². The van der Waals surface area contributed by atoms with E-state index in [1.165, 1.54) is 5.56 Å². The van der Waals surface area contributed by atoms with E-state index in [4.69, 9.17) is 4.74 Å². The lowest BCUT2D eigenvalue weighted by molar-refractivity contribution is 0.0142. The minimum Gasteiger partial charge on any atom is -0.375 e. The first-order valence-corrected chi connectivity index (χ1v) is 7.35. The Morgan fingerprint density at radius 2 is 1.90 bits per heavy atom.